The maximum atomic E-state index is 14.4. The van der Waals surface area contributed by atoms with Crippen LogP contribution in [0.3, 0.4) is 0 Å². The van der Waals surface area contributed by atoms with Crippen LogP contribution in [0.15, 0.2) is 30.5 Å². The van der Waals surface area contributed by atoms with Crippen LogP contribution in [0.2, 0.25) is 0 Å². The average Bonchev–Trinajstić information content (AvgIpc) is 3.37. The van der Waals surface area contributed by atoms with Gasteiger partial charge in [0.05, 0.1) is 24.1 Å². The molecule has 4 rings (SSSR count). The van der Waals surface area contributed by atoms with Gasteiger partial charge in [-0.1, -0.05) is 11.3 Å². The zero-order valence-electron chi connectivity index (χ0n) is 21.9. The third-order valence-corrected chi connectivity index (χ3v) is 7.04. The molecule has 1 aliphatic rings. The fourth-order valence-electron chi connectivity index (χ4n) is 4.42. The van der Waals surface area contributed by atoms with E-state index in [1.54, 1.807) is 13.0 Å². The topological polar surface area (TPSA) is 137 Å². The lowest BCUT2D eigenvalue weighted by molar-refractivity contribution is -0.274. The molecule has 0 bridgehead atoms. The highest BCUT2D eigenvalue weighted by Gasteiger charge is 2.33. The Morgan fingerprint density at radius 3 is 2.51 bits per heavy atom. The molecule has 41 heavy (non-hydrogen) atoms. The number of alkyl halides is 3. The largest absolute Gasteiger partial charge is 0.573 e. The summed E-state index contributed by atoms with van der Waals surface area (Å²) < 4.78 is 66.0. The number of anilines is 2. The molecule has 0 saturated heterocycles. The van der Waals surface area contributed by atoms with Crippen LogP contribution in [0.4, 0.5) is 27.8 Å². The fourth-order valence-corrected chi connectivity index (χ4v) is 5.14. The Kier molecular flexibility index (Phi) is 9.65. The van der Waals surface area contributed by atoms with Crippen LogP contribution in [0.25, 0.3) is 0 Å². The van der Waals surface area contributed by atoms with Gasteiger partial charge >= 0.3 is 12.3 Å². The zero-order valence-corrected chi connectivity index (χ0v) is 22.7. The summed E-state index contributed by atoms with van der Waals surface area (Å²) in [6.07, 6.45) is -2.05. The van der Waals surface area contributed by atoms with E-state index in [0.29, 0.717) is 10.7 Å². The quantitative estimate of drug-likeness (QED) is 0.242. The predicted molar refractivity (Wildman–Crippen MR) is 138 cm³/mol. The van der Waals surface area contributed by atoms with E-state index in [9.17, 15) is 27.2 Å². The Morgan fingerprint density at radius 2 is 1.83 bits per heavy atom. The van der Waals surface area contributed by atoms with E-state index in [0.717, 1.165) is 68.0 Å². The molecule has 16 heteroatoms. The van der Waals surface area contributed by atoms with E-state index in [4.69, 9.17) is 9.47 Å². The van der Waals surface area contributed by atoms with Gasteiger partial charge in [0.2, 0.25) is 10.3 Å². The molecule has 2 aromatic heterocycles. The maximum Gasteiger partial charge on any atom is 0.573 e. The molecule has 3 aromatic rings. The second-order valence-corrected chi connectivity index (χ2v) is 10.0. The number of rotatable bonds is 10. The molecule has 0 spiro atoms. The summed E-state index contributed by atoms with van der Waals surface area (Å²) in [6.45, 7) is 2.00. The number of esters is 1. The molecule has 1 saturated carbocycles. The minimum atomic E-state index is -4.99. The van der Waals surface area contributed by atoms with Gasteiger partial charge in [0, 0.05) is 24.6 Å². The minimum absolute atomic E-state index is 0.0705. The molecule has 0 aliphatic heterocycles. The Hall–Kier alpha value is -3.92. The van der Waals surface area contributed by atoms with Crippen LogP contribution < -0.4 is 15.4 Å². The van der Waals surface area contributed by atoms with Gasteiger partial charge in [-0.2, -0.15) is 10.2 Å². The first-order valence-corrected chi connectivity index (χ1v) is 13.4. The zero-order chi connectivity index (χ0) is 29.6. The average molecular weight is 599 g/mol. The molecule has 220 valence electrons. The van der Waals surface area contributed by atoms with Gasteiger partial charge in [-0.15, -0.1) is 23.4 Å². The lowest BCUT2D eigenvalue weighted by Gasteiger charge is -2.28. The minimum Gasteiger partial charge on any atom is -0.462 e. The normalized spacial score (nSPS) is 17.9. The smallest absolute Gasteiger partial charge is 0.462 e. The van der Waals surface area contributed by atoms with Gasteiger partial charge < -0.3 is 19.5 Å². The van der Waals surface area contributed by atoms with Crippen molar-refractivity contribution in [2.24, 2.45) is 0 Å². The number of hydrogen-bond acceptors (Lipinski definition) is 11. The number of halogens is 4. The highest BCUT2D eigenvalue weighted by molar-refractivity contribution is 7.19. The Balaban J connectivity index is 1.33. The SMILES string of the molecule is CCOC(=O)c1cnnc(C2CCC(Nc3nnc(NC(=O)[C@@H](OC)c4cc(OC(F)(F)F)ccc4F)s3)CC2)c1. The summed E-state index contributed by atoms with van der Waals surface area (Å²) in [5.74, 6) is -2.81. The number of carbonyl (C=O) groups excluding carboxylic acids is 2. The van der Waals surface area contributed by atoms with Gasteiger partial charge in [-0.3, -0.25) is 10.1 Å². The number of methoxy groups -OCH3 is 1. The number of aromatic nitrogens is 4. The maximum absolute atomic E-state index is 14.4. The van der Waals surface area contributed by atoms with Crippen molar-refractivity contribution in [2.75, 3.05) is 24.4 Å². The van der Waals surface area contributed by atoms with Crippen molar-refractivity contribution < 1.29 is 41.4 Å². The Labute approximate surface area is 235 Å². The second kappa shape index (κ2) is 13.2. The lowest BCUT2D eigenvalue weighted by atomic mass is 9.84. The fraction of sp³-hybridized carbons (Fsp3) is 0.440. The third-order valence-electron chi connectivity index (χ3n) is 6.27. The van der Waals surface area contributed by atoms with Gasteiger partial charge in [0.1, 0.15) is 11.6 Å². The van der Waals surface area contributed by atoms with Crippen molar-refractivity contribution in [1.29, 1.82) is 0 Å². The Morgan fingerprint density at radius 1 is 1.10 bits per heavy atom. The van der Waals surface area contributed by atoms with Gasteiger partial charge in [-0.25, -0.2) is 9.18 Å². The molecular formula is C25H26F4N6O5S. The highest BCUT2D eigenvalue weighted by atomic mass is 32.1. The van der Waals surface area contributed by atoms with Crippen molar-refractivity contribution in [3.8, 4) is 5.75 Å². The highest BCUT2D eigenvalue weighted by Crippen LogP contribution is 2.34. The summed E-state index contributed by atoms with van der Waals surface area (Å²) in [4.78, 5) is 24.8. The van der Waals surface area contributed by atoms with E-state index in [1.165, 1.54) is 6.20 Å². The summed E-state index contributed by atoms with van der Waals surface area (Å²) >= 11 is 1.04. The number of hydrogen-bond donors (Lipinski definition) is 2. The van der Waals surface area contributed by atoms with Crippen LogP contribution in [0, 0.1) is 5.82 Å². The number of amides is 1. The summed E-state index contributed by atoms with van der Waals surface area (Å²) in [5.41, 5.74) is 0.653. The van der Waals surface area contributed by atoms with Crippen LogP contribution >= 0.6 is 11.3 Å². The predicted octanol–water partition coefficient (Wildman–Crippen LogP) is 5.01. The van der Waals surface area contributed by atoms with Crippen LogP contribution in [-0.4, -0.2) is 58.4 Å². The van der Waals surface area contributed by atoms with Crippen LogP contribution in [0.1, 0.15) is 66.2 Å². The van der Waals surface area contributed by atoms with Crippen molar-refractivity contribution in [3.05, 3.63) is 53.1 Å². The molecule has 1 aromatic carbocycles. The molecule has 1 amide bonds. The molecule has 11 nitrogen and oxygen atoms in total. The second-order valence-electron chi connectivity index (χ2n) is 9.03. The van der Waals surface area contributed by atoms with Gasteiger partial charge in [0.25, 0.3) is 5.91 Å². The van der Waals surface area contributed by atoms with E-state index in [2.05, 4.69) is 35.8 Å². The summed E-state index contributed by atoms with van der Waals surface area (Å²) in [7, 11) is 1.11. The van der Waals surface area contributed by atoms with Gasteiger partial charge in [0.15, 0.2) is 6.10 Å². The van der Waals surface area contributed by atoms with E-state index in [1.807, 2.05) is 0 Å². The van der Waals surface area contributed by atoms with Crippen molar-refractivity contribution in [1.82, 2.24) is 20.4 Å². The third kappa shape index (κ3) is 8.07. The summed E-state index contributed by atoms with van der Waals surface area (Å²) in [5, 5.41) is 22.3. The first-order valence-electron chi connectivity index (χ1n) is 12.5. The lowest BCUT2D eigenvalue weighted by Crippen LogP contribution is -2.26. The standard InChI is InChI=1S/C25H26F4N6O5S/c1-3-39-22(37)14-10-19(33-30-12-14)13-4-6-15(7-5-13)31-23-34-35-24(41-23)32-21(36)20(38-2)17-11-16(8-9-18(17)26)40-25(27,28)29/h8-13,15,20H,3-7H2,1-2H3,(H,31,34)(H,32,35,36)/t13?,15?,20-/m0/s1. The molecule has 2 heterocycles. The molecule has 1 fully saturated rings. The first-order chi connectivity index (χ1) is 19.6. The van der Waals surface area contributed by atoms with E-state index in [-0.39, 0.29) is 23.7 Å². The molecule has 0 unspecified atom stereocenters. The van der Waals surface area contributed by atoms with Crippen molar-refractivity contribution in [2.45, 2.75) is 57.0 Å². The van der Waals surface area contributed by atoms with Crippen LogP contribution in [-0.2, 0) is 14.3 Å². The first kappa shape index (κ1) is 30.0. The monoisotopic (exact) mass is 598 g/mol. The molecule has 1 atom stereocenters. The number of benzene rings is 1. The van der Waals surface area contributed by atoms with Crippen molar-refractivity contribution in [3.63, 3.8) is 0 Å². The molecule has 0 radical (unpaired) electrons. The number of ether oxygens (including phenoxy) is 3. The number of carbonyl (C=O) groups is 2. The molecule has 1 aliphatic carbocycles. The molecular weight excluding hydrogens is 572 g/mol. The molecule has 2 N–H and O–H groups in total. The van der Waals surface area contributed by atoms with Gasteiger partial charge in [-0.05, 0) is 56.9 Å². The van der Waals surface area contributed by atoms with Crippen molar-refractivity contribution >= 4 is 33.5 Å². The Bertz CT molecular complexity index is 1370. The van der Waals surface area contributed by atoms with E-state index < -0.39 is 41.5 Å². The number of nitrogens with one attached hydrogen (secondary N) is 2. The number of nitrogens with zero attached hydrogens (tertiary/aromatic N) is 4. The van der Waals surface area contributed by atoms with E-state index >= 15 is 0 Å². The summed E-state index contributed by atoms with van der Waals surface area (Å²) in [6, 6.07) is 4.07. The van der Waals surface area contributed by atoms with Crippen LogP contribution in [0.5, 0.6) is 5.75 Å².